The van der Waals surface area contributed by atoms with Crippen molar-refractivity contribution in [2.24, 2.45) is 0 Å². The van der Waals surface area contributed by atoms with Crippen LogP contribution in [0.25, 0.3) is 0 Å². The van der Waals surface area contributed by atoms with E-state index < -0.39 is 7.25 Å². The van der Waals surface area contributed by atoms with Crippen LogP contribution in [-0.4, -0.2) is 39.4 Å². The first-order chi connectivity index (χ1) is 6.06. The lowest BCUT2D eigenvalue weighted by molar-refractivity contribution is -0.870. The van der Waals surface area contributed by atoms with Crippen molar-refractivity contribution in [1.29, 1.82) is 0 Å². The van der Waals surface area contributed by atoms with E-state index in [2.05, 4.69) is 28.1 Å². The zero-order valence-electron chi connectivity index (χ0n) is 10.4. The smallest absolute Gasteiger partial charge is 0.418 e. The Kier molecular flexibility index (Phi) is 8.20. The highest BCUT2D eigenvalue weighted by molar-refractivity contribution is 6.50. The fourth-order valence-electron chi connectivity index (χ4n) is 0.836. The second kappa shape index (κ2) is 7.09. The monoisotopic (exact) mass is 218 g/mol. The minimum Gasteiger partial charge on any atom is -0.418 e. The lowest BCUT2D eigenvalue weighted by Crippen LogP contribution is -2.35. The van der Waals surface area contributed by atoms with Crippen molar-refractivity contribution in [1.82, 2.24) is 0 Å². The standard InChI is InChI=1S/C8H20N.BF4/c1-5-6-7-8-9(2,3)4;2-1(3,4)5/h5-8H2,1-4H3;/q+1;-1/p+1. The molecule has 0 saturated heterocycles. The molecule has 0 amide bonds. The molecule has 0 atom stereocenters. The maximum Gasteiger partial charge on any atom is 1.00 e. The van der Waals surface area contributed by atoms with Gasteiger partial charge >= 0.3 is 8.68 Å². The van der Waals surface area contributed by atoms with E-state index in [-0.39, 0.29) is 1.43 Å². The molecular weight excluding hydrogens is 197 g/mol. The number of hydrogen-bond acceptors (Lipinski definition) is 0. The van der Waals surface area contributed by atoms with Crippen LogP contribution in [0.15, 0.2) is 0 Å². The minimum atomic E-state index is -6.00. The Morgan fingerprint density at radius 2 is 1.36 bits per heavy atom. The molecule has 0 heterocycles. The summed E-state index contributed by atoms with van der Waals surface area (Å²) >= 11 is 0. The predicted octanol–water partition coefficient (Wildman–Crippen LogP) is 3.30. The van der Waals surface area contributed by atoms with Crippen LogP contribution in [0.3, 0.4) is 0 Å². The van der Waals surface area contributed by atoms with Gasteiger partial charge < -0.3 is 21.7 Å². The van der Waals surface area contributed by atoms with Crippen LogP contribution in [0.4, 0.5) is 17.3 Å². The Hall–Kier alpha value is -0.255. The van der Waals surface area contributed by atoms with Gasteiger partial charge in [0.1, 0.15) is 0 Å². The zero-order chi connectivity index (χ0) is 11.8. The molecule has 0 saturated carbocycles. The van der Waals surface area contributed by atoms with E-state index in [0.717, 1.165) is 4.48 Å². The molecule has 0 radical (unpaired) electrons. The summed E-state index contributed by atoms with van der Waals surface area (Å²) in [6.07, 6.45) is 4.09. The van der Waals surface area contributed by atoms with Gasteiger partial charge in [-0.25, -0.2) is 0 Å². The molecule has 0 unspecified atom stereocenters. The van der Waals surface area contributed by atoms with Crippen LogP contribution in [0.2, 0.25) is 0 Å². The summed E-state index contributed by atoms with van der Waals surface area (Å²) in [4.78, 5) is 0. The van der Waals surface area contributed by atoms with Gasteiger partial charge in [0.2, 0.25) is 0 Å². The van der Waals surface area contributed by atoms with Gasteiger partial charge in [-0.05, 0) is 12.8 Å². The van der Waals surface area contributed by atoms with E-state index in [1.165, 1.54) is 25.8 Å². The first-order valence-electron chi connectivity index (χ1n) is 4.74. The molecule has 0 aromatic carbocycles. The molecule has 0 rings (SSSR count). The molecule has 88 valence electrons. The third-order valence-electron chi connectivity index (χ3n) is 1.43. The van der Waals surface area contributed by atoms with Gasteiger partial charge in [-0.15, -0.1) is 0 Å². The van der Waals surface area contributed by atoms with Gasteiger partial charge in [0.15, 0.2) is 0 Å². The number of quaternary nitrogens is 1. The van der Waals surface area contributed by atoms with E-state index >= 15 is 0 Å². The van der Waals surface area contributed by atoms with Crippen molar-refractivity contribution >= 4 is 7.25 Å². The Balaban J connectivity index is -0.000000208. The second-order valence-corrected chi connectivity index (χ2v) is 4.22. The van der Waals surface area contributed by atoms with Gasteiger partial charge in [-0.2, -0.15) is 0 Å². The first-order valence-corrected chi connectivity index (χ1v) is 4.74. The number of rotatable bonds is 4. The normalized spacial score (nSPS) is 12.0. The molecule has 14 heavy (non-hydrogen) atoms. The zero-order valence-corrected chi connectivity index (χ0v) is 9.36. The number of halogens is 4. The van der Waals surface area contributed by atoms with Gasteiger partial charge in [-0.1, -0.05) is 13.3 Å². The lowest BCUT2D eigenvalue weighted by atomic mass is 10.2. The van der Waals surface area contributed by atoms with Crippen molar-refractivity contribution in [3.8, 4) is 0 Å². The van der Waals surface area contributed by atoms with E-state index in [4.69, 9.17) is 0 Å². The highest BCUT2D eigenvalue weighted by Crippen LogP contribution is 2.06. The number of unbranched alkanes of at least 4 members (excludes halogenated alkanes) is 2. The highest BCUT2D eigenvalue weighted by atomic mass is 19.5. The van der Waals surface area contributed by atoms with Gasteiger partial charge in [0.05, 0.1) is 27.7 Å². The topological polar surface area (TPSA) is 0 Å². The number of nitrogens with zero attached hydrogens (tertiary/aromatic N) is 1. The second-order valence-electron chi connectivity index (χ2n) is 4.22. The Morgan fingerprint density at radius 1 is 1.00 bits per heavy atom. The van der Waals surface area contributed by atoms with Crippen molar-refractivity contribution in [2.45, 2.75) is 26.2 Å². The molecule has 0 bridgehead atoms. The largest absolute Gasteiger partial charge is 1.00 e. The molecule has 0 aromatic heterocycles. The molecule has 6 heteroatoms. The van der Waals surface area contributed by atoms with Crippen LogP contribution >= 0.6 is 0 Å². The predicted molar refractivity (Wildman–Crippen MR) is 53.7 cm³/mol. The molecule has 0 N–H and O–H groups in total. The summed E-state index contributed by atoms with van der Waals surface area (Å²) in [5.41, 5.74) is 0. The minimum absolute atomic E-state index is 0. The van der Waals surface area contributed by atoms with Crippen molar-refractivity contribution in [3.05, 3.63) is 0 Å². The van der Waals surface area contributed by atoms with Crippen molar-refractivity contribution < 1.29 is 23.2 Å². The summed E-state index contributed by atoms with van der Waals surface area (Å²) < 4.78 is 40.1. The fourth-order valence-corrected chi connectivity index (χ4v) is 0.836. The van der Waals surface area contributed by atoms with Crippen molar-refractivity contribution in [2.75, 3.05) is 27.7 Å². The molecule has 0 spiro atoms. The molecular formula is C8H21BF4N+. The van der Waals surface area contributed by atoms with Gasteiger partial charge in [-0.3, -0.25) is 0 Å². The Morgan fingerprint density at radius 3 is 1.57 bits per heavy atom. The first kappa shape index (κ1) is 16.2. The maximum absolute atomic E-state index is 9.75. The third-order valence-corrected chi connectivity index (χ3v) is 1.43. The Labute approximate surface area is 85.3 Å². The Bertz CT molecular complexity index is 130. The third kappa shape index (κ3) is 41.1. The summed E-state index contributed by atoms with van der Waals surface area (Å²) in [6.45, 7) is 3.56. The summed E-state index contributed by atoms with van der Waals surface area (Å²) in [6, 6.07) is 0. The average molecular weight is 218 g/mol. The summed E-state index contributed by atoms with van der Waals surface area (Å²) in [5, 5.41) is 0. The van der Waals surface area contributed by atoms with E-state index in [1.807, 2.05) is 0 Å². The summed E-state index contributed by atoms with van der Waals surface area (Å²) in [5.74, 6) is 0. The molecule has 0 aliphatic rings. The van der Waals surface area contributed by atoms with Crippen LogP contribution in [0, 0.1) is 0 Å². The maximum atomic E-state index is 9.75. The SMILES string of the molecule is CCCCC[N+](C)(C)C.F[B-](F)(F)F.[H+]. The van der Waals surface area contributed by atoms with E-state index in [9.17, 15) is 17.3 Å². The van der Waals surface area contributed by atoms with Gasteiger partial charge in [0.25, 0.3) is 0 Å². The molecule has 0 aromatic rings. The van der Waals surface area contributed by atoms with Crippen molar-refractivity contribution in [3.63, 3.8) is 0 Å². The molecule has 0 aliphatic carbocycles. The van der Waals surface area contributed by atoms with Gasteiger partial charge in [0, 0.05) is 0 Å². The van der Waals surface area contributed by atoms with Crippen LogP contribution in [0.5, 0.6) is 0 Å². The van der Waals surface area contributed by atoms with E-state index in [0.29, 0.717) is 0 Å². The van der Waals surface area contributed by atoms with E-state index in [1.54, 1.807) is 0 Å². The summed E-state index contributed by atoms with van der Waals surface area (Å²) in [7, 11) is 0.737. The van der Waals surface area contributed by atoms with Crippen LogP contribution < -0.4 is 0 Å². The number of hydrogen-bond donors (Lipinski definition) is 0. The van der Waals surface area contributed by atoms with Crippen LogP contribution in [0.1, 0.15) is 27.6 Å². The molecule has 0 fully saturated rings. The lowest BCUT2D eigenvalue weighted by Gasteiger charge is -2.23. The average Bonchev–Trinajstić information content (AvgIpc) is 1.80. The quantitative estimate of drug-likeness (QED) is 0.294. The molecule has 0 aliphatic heterocycles. The fraction of sp³-hybridized carbons (Fsp3) is 1.00. The van der Waals surface area contributed by atoms with Crippen LogP contribution in [-0.2, 0) is 0 Å². The molecule has 1 nitrogen and oxygen atoms in total. The highest BCUT2D eigenvalue weighted by Gasteiger charge is 2.20.